The third-order valence-corrected chi connectivity index (χ3v) is 17.7. The molecule has 0 amide bonds. The fraction of sp³-hybridized carbons (Fsp3) is 0.868. The van der Waals surface area contributed by atoms with Crippen molar-refractivity contribution in [2.45, 2.75) is 143 Å². The fourth-order valence-electron chi connectivity index (χ4n) is 12.7. The minimum Gasteiger partial charge on any atom is -0.462 e. The van der Waals surface area contributed by atoms with Crippen molar-refractivity contribution >= 4 is 41.2 Å². The predicted octanol–water partition coefficient (Wildman–Crippen LogP) is 9.03. The Morgan fingerprint density at radius 2 is 1.51 bits per heavy atom. The fourth-order valence-corrected chi connectivity index (χ4v) is 15.9. The zero-order valence-corrected chi connectivity index (χ0v) is 31.0. The molecule has 1 heterocycles. The Labute approximate surface area is 280 Å². The van der Waals surface area contributed by atoms with Gasteiger partial charge >= 0.3 is 11.9 Å². The van der Waals surface area contributed by atoms with E-state index in [1.165, 1.54) is 24.8 Å². The molecular weight excluding hydrogens is 601 g/mol. The number of hydrogen-bond acceptors (Lipinski definition) is 7. The standard InChI is InChI=1S/C38H58O5S2/c1-22(2)30-26(41)21-38(32(43-24(4)40)33-44-19-10-20-45-33)18-17-36(8)25(31(30)38)11-12-28-35(7)15-14-29(42-23(3)39)34(5,6)27(35)13-16-37(28,36)9/h22,25,27-29,32-33H,10-21H2,1-9H3. The molecule has 0 aromatic carbocycles. The number of fused-ring (bicyclic) bond motifs is 7. The smallest absolute Gasteiger partial charge is 0.303 e. The molecule has 252 valence electrons. The molecule has 0 spiro atoms. The molecule has 5 nitrogen and oxygen atoms in total. The van der Waals surface area contributed by atoms with Crippen LogP contribution in [0.3, 0.4) is 0 Å². The summed E-state index contributed by atoms with van der Waals surface area (Å²) >= 11 is 3.89. The van der Waals surface area contributed by atoms with Gasteiger partial charge in [0.05, 0.1) is 4.58 Å². The van der Waals surface area contributed by atoms with Gasteiger partial charge in [-0.3, -0.25) is 14.4 Å². The number of esters is 2. The summed E-state index contributed by atoms with van der Waals surface area (Å²) < 4.78 is 12.5. The van der Waals surface area contributed by atoms with Crippen molar-refractivity contribution < 1.29 is 23.9 Å². The number of carbonyl (C=O) groups excluding carboxylic acids is 3. The molecule has 0 aromatic heterocycles. The zero-order valence-electron chi connectivity index (χ0n) is 29.4. The second-order valence-electron chi connectivity index (χ2n) is 17.3. The number of ketones is 1. The summed E-state index contributed by atoms with van der Waals surface area (Å²) in [6, 6.07) is 0. The molecule has 6 rings (SSSR count). The summed E-state index contributed by atoms with van der Waals surface area (Å²) in [5, 5.41) is 0. The van der Waals surface area contributed by atoms with Crippen molar-refractivity contribution in [2.75, 3.05) is 11.5 Å². The summed E-state index contributed by atoms with van der Waals surface area (Å²) in [5.74, 6) is 3.70. The first kappa shape index (κ1) is 33.9. The number of rotatable bonds is 5. The predicted molar refractivity (Wildman–Crippen MR) is 184 cm³/mol. The van der Waals surface area contributed by atoms with E-state index in [4.69, 9.17) is 9.47 Å². The molecule has 0 N–H and O–H groups in total. The van der Waals surface area contributed by atoms with E-state index >= 15 is 0 Å². The number of Topliss-reactive ketones (excluding diaryl/α,β-unsaturated/α-hetero) is 1. The van der Waals surface area contributed by atoms with Crippen LogP contribution in [0.2, 0.25) is 0 Å². The van der Waals surface area contributed by atoms with E-state index in [1.807, 2.05) is 23.5 Å². The Morgan fingerprint density at radius 3 is 2.13 bits per heavy atom. The molecule has 1 aliphatic heterocycles. The molecule has 4 saturated carbocycles. The van der Waals surface area contributed by atoms with E-state index < -0.39 is 0 Å². The quantitative estimate of drug-likeness (QED) is 0.273. The van der Waals surface area contributed by atoms with E-state index in [0.717, 1.165) is 55.6 Å². The van der Waals surface area contributed by atoms with Gasteiger partial charge in [-0.05, 0) is 120 Å². The highest BCUT2D eigenvalue weighted by atomic mass is 32.2. The minimum absolute atomic E-state index is 0.0170. The lowest BCUT2D eigenvalue weighted by Gasteiger charge is -2.72. The molecule has 45 heavy (non-hydrogen) atoms. The molecule has 5 fully saturated rings. The van der Waals surface area contributed by atoms with E-state index in [0.29, 0.717) is 30.0 Å². The normalized spacial score (nSPS) is 43.6. The molecule has 6 aliphatic rings. The number of thioether (sulfide) groups is 2. The molecule has 7 heteroatoms. The van der Waals surface area contributed by atoms with Gasteiger partial charge in [0.15, 0.2) is 5.78 Å². The monoisotopic (exact) mass is 658 g/mol. The zero-order chi connectivity index (χ0) is 32.7. The number of allylic oxidation sites excluding steroid dienone is 1. The van der Waals surface area contributed by atoms with Gasteiger partial charge in [-0.2, -0.15) is 0 Å². The van der Waals surface area contributed by atoms with Gasteiger partial charge in [0.1, 0.15) is 12.2 Å². The Kier molecular flexibility index (Phi) is 8.74. The van der Waals surface area contributed by atoms with Crippen LogP contribution in [-0.4, -0.2) is 46.0 Å². The van der Waals surface area contributed by atoms with E-state index in [1.54, 1.807) is 13.8 Å². The second kappa shape index (κ2) is 11.6. The maximum Gasteiger partial charge on any atom is 0.303 e. The molecule has 1 saturated heterocycles. The van der Waals surface area contributed by atoms with Crippen LogP contribution in [0.15, 0.2) is 11.1 Å². The number of ether oxygens (including phenoxy) is 2. The van der Waals surface area contributed by atoms with Gasteiger partial charge in [-0.25, -0.2) is 0 Å². The van der Waals surface area contributed by atoms with Crippen LogP contribution in [0.5, 0.6) is 0 Å². The van der Waals surface area contributed by atoms with E-state index in [2.05, 4.69) is 48.5 Å². The number of hydrogen-bond donors (Lipinski definition) is 0. The molecule has 5 aliphatic carbocycles. The van der Waals surface area contributed by atoms with Crippen molar-refractivity contribution in [2.24, 2.45) is 50.7 Å². The van der Waals surface area contributed by atoms with Gasteiger partial charge in [0.25, 0.3) is 0 Å². The lowest BCUT2D eigenvalue weighted by atomic mass is 9.33. The van der Waals surface area contributed by atoms with Gasteiger partial charge in [0.2, 0.25) is 0 Å². The molecular formula is C38H58O5S2. The van der Waals surface area contributed by atoms with Crippen LogP contribution in [0.4, 0.5) is 0 Å². The lowest BCUT2D eigenvalue weighted by molar-refractivity contribution is -0.234. The molecule has 0 radical (unpaired) electrons. The van der Waals surface area contributed by atoms with E-state index in [9.17, 15) is 14.4 Å². The third kappa shape index (κ3) is 4.95. The Bertz CT molecular complexity index is 1270. The van der Waals surface area contributed by atoms with Gasteiger partial charge in [-0.15, -0.1) is 23.5 Å². The average molecular weight is 659 g/mol. The molecule has 0 bridgehead atoms. The highest BCUT2D eigenvalue weighted by Gasteiger charge is 2.71. The summed E-state index contributed by atoms with van der Waals surface area (Å²) in [6.07, 6.45) is 10.1. The van der Waals surface area contributed by atoms with Crippen LogP contribution in [0, 0.1) is 50.7 Å². The van der Waals surface area contributed by atoms with Crippen LogP contribution in [-0.2, 0) is 23.9 Å². The largest absolute Gasteiger partial charge is 0.462 e. The highest BCUT2D eigenvalue weighted by molar-refractivity contribution is 8.17. The summed E-state index contributed by atoms with van der Waals surface area (Å²) in [5.41, 5.74) is 2.42. The maximum atomic E-state index is 14.2. The Morgan fingerprint density at radius 1 is 0.822 bits per heavy atom. The number of carbonyl (C=O) groups is 3. The van der Waals surface area contributed by atoms with Gasteiger partial charge in [0, 0.05) is 31.1 Å². The second-order valence-corrected chi connectivity index (χ2v) is 20.1. The first-order chi connectivity index (χ1) is 21.0. The highest BCUT2D eigenvalue weighted by Crippen LogP contribution is 2.77. The van der Waals surface area contributed by atoms with E-state index in [-0.39, 0.29) is 61.7 Å². The molecule has 9 unspecified atom stereocenters. The average Bonchev–Trinajstić information content (AvgIpc) is 3.27. The SMILES string of the molecule is CC(=O)OC(C1SCCCS1)C12CCC3(C)C(CCC4C5(C)CCC(OC(C)=O)C(C)(C)C5CCC43C)C1=C(C(C)C)C(=O)C2. The maximum absolute atomic E-state index is 14.2. The van der Waals surface area contributed by atoms with Crippen LogP contribution >= 0.6 is 23.5 Å². The molecule has 0 aromatic rings. The summed E-state index contributed by atoms with van der Waals surface area (Å²) in [6.45, 7) is 20.0. The third-order valence-electron chi connectivity index (χ3n) is 14.7. The van der Waals surface area contributed by atoms with Crippen molar-refractivity contribution in [1.29, 1.82) is 0 Å². The van der Waals surface area contributed by atoms with Gasteiger partial charge in [-0.1, -0.05) is 48.5 Å². The van der Waals surface area contributed by atoms with Crippen LogP contribution in [0.1, 0.15) is 127 Å². The Hall–Kier alpha value is -0.950. The van der Waals surface area contributed by atoms with Crippen LogP contribution in [0.25, 0.3) is 0 Å². The Balaban J connectivity index is 1.42. The topological polar surface area (TPSA) is 69.7 Å². The van der Waals surface area contributed by atoms with Crippen molar-refractivity contribution in [1.82, 2.24) is 0 Å². The van der Waals surface area contributed by atoms with Crippen LogP contribution < -0.4 is 0 Å². The summed E-state index contributed by atoms with van der Waals surface area (Å²) in [7, 11) is 0. The minimum atomic E-state index is -0.386. The van der Waals surface area contributed by atoms with Crippen molar-refractivity contribution in [3.63, 3.8) is 0 Å². The lowest BCUT2D eigenvalue weighted by Crippen LogP contribution is -2.66. The van der Waals surface area contributed by atoms with Crippen molar-refractivity contribution in [3.05, 3.63) is 11.1 Å². The van der Waals surface area contributed by atoms with Gasteiger partial charge < -0.3 is 9.47 Å². The summed E-state index contributed by atoms with van der Waals surface area (Å²) in [4.78, 5) is 39.0. The first-order valence-electron chi connectivity index (χ1n) is 17.9. The first-order valence-corrected chi connectivity index (χ1v) is 20.0. The van der Waals surface area contributed by atoms with Crippen molar-refractivity contribution in [3.8, 4) is 0 Å². The molecule has 9 atom stereocenters.